The third-order valence-electron chi connectivity index (χ3n) is 3.87. The molecule has 1 heterocycles. The molecule has 0 spiro atoms. The first kappa shape index (κ1) is 21.6. The molecule has 12 heteroatoms. The Morgan fingerprint density at radius 3 is 2.43 bits per heavy atom. The van der Waals surface area contributed by atoms with Crippen LogP contribution in [0, 0.1) is 0 Å². The Balaban J connectivity index is 2.00. The van der Waals surface area contributed by atoms with Crippen molar-refractivity contribution < 1.29 is 36.7 Å². The molecule has 0 aliphatic carbocycles. The number of carbonyl (C=O) groups is 3. The third-order valence-corrected chi connectivity index (χ3v) is 3.87. The topological polar surface area (TPSA) is 114 Å². The molecular weight excluding hydrogens is 388 g/mol. The average molecular weight is 406 g/mol. The molecule has 0 aromatic heterocycles. The lowest BCUT2D eigenvalue weighted by Gasteiger charge is -2.27. The summed E-state index contributed by atoms with van der Waals surface area (Å²) in [7, 11) is 0. The van der Waals surface area contributed by atoms with E-state index in [1.54, 1.807) is 12.1 Å². The molecular formula is C16H18F4N4O4. The van der Waals surface area contributed by atoms with Gasteiger partial charge in [-0.15, -0.1) is 0 Å². The smallest absolute Gasteiger partial charge is 0.370 e. The summed E-state index contributed by atoms with van der Waals surface area (Å²) in [4.78, 5) is 36.6. The number of alkyl halides is 4. The third kappa shape index (κ3) is 4.95. The van der Waals surface area contributed by atoms with Gasteiger partial charge in [-0.2, -0.15) is 8.78 Å². The summed E-state index contributed by atoms with van der Waals surface area (Å²) in [6.45, 7) is 0.117. The Morgan fingerprint density at radius 2 is 1.89 bits per heavy atom. The van der Waals surface area contributed by atoms with E-state index < -0.39 is 36.7 Å². The van der Waals surface area contributed by atoms with Crippen LogP contribution in [0.15, 0.2) is 24.3 Å². The summed E-state index contributed by atoms with van der Waals surface area (Å²) >= 11 is 0. The highest BCUT2D eigenvalue weighted by Crippen LogP contribution is 2.23. The standard InChI is InChI=1S/C16H18F4N4O4/c17-14(18)16(19,20)15(27)23-11(7-21)13(26)22-9-1-3-10(4-2-9)24-5-6-28-8-12(24)25/h1-4,11,14H,5-8,21H2,(H,22,26)(H,23,27)/t11-/m1/s1. The molecule has 1 saturated heterocycles. The van der Waals surface area contributed by atoms with Crippen LogP contribution in [0.2, 0.25) is 0 Å². The summed E-state index contributed by atoms with van der Waals surface area (Å²) in [6.07, 6.45) is -4.22. The number of amides is 3. The van der Waals surface area contributed by atoms with Crippen molar-refractivity contribution in [2.75, 3.05) is 36.5 Å². The molecule has 1 aliphatic heterocycles. The molecule has 154 valence electrons. The van der Waals surface area contributed by atoms with Gasteiger partial charge in [0.15, 0.2) is 0 Å². The zero-order chi connectivity index (χ0) is 20.9. The molecule has 4 N–H and O–H groups in total. The minimum absolute atomic E-state index is 0.0420. The second-order valence-electron chi connectivity index (χ2n) is 5.82. The van der Waals surface area contributed by atoms with E-state index in [4.69, 9.17) is 10.5 Å². The van der Waals surface area contributed by atoms with E-state index in [9.17, 15) is 31.9 Å². The van der Waals surface area contributed by atoms with E-state index in [0.717, 1.165) is 0 Å². The fourth-order valence-corrected chi connectivity index (χ4v) is 2.33. The van der Waals surface area contributed by atoms with E-state index in [0.29, 0.717) is 18.8 Å². The lowest BCUT2D eigenvalue weighted by atomic mass is 10.2. The first-order chi connectivity index (χ1) is 13.2. The Morgan fingerprint density at radius 1 is 1.25 bits per heavy atom. The van der Waals surface area contributed by atoms with Gasteiger partial charge in [0.1, 0.15) is 12.6 Å². The Hall–Kier alpha value is -2.73. The Labute approximate surface area is 157 Å². The van der Waals surface area contributed by atoms with Gasteiger partial charge in [0, 0.05) is 24.5 Å². The van der Waals surface area contributed by atoms with Gasteiger partial charge in [-0.25, -0.2) is 8.78 Å². The van der Waals surface area contributed by atoms with Gasteiger partial charge in [-0.3, -0.25) is 14.4 Å². The van der Waals surface area contributed by atoms with Gasteiger partial charge in [-0.05, 0) is 24.3 Å². The fraction of sp³-hybridized carbons (Fsp3) is 0.438. The number of morpholine rings is 1. The number of carbonyl (C=O) groups excluding carboxylic acids is 3. The second-order valence-corrected chi connectivity index (χ2v) is 5.82. The number of ether oxygens (including phenoxy) is 1. The van der Waals surface area contributed by atoms with E-state index in [-0.39, 0.29) is 18.2 Å². The van der Waals surface area contributed by atoms with Crippen LogP contribution in [-0.2, 0) is 19.1 Å². The second kappa shape index (κ2) is 8.97. The van der Waals surface area contributed by atoms with E-state index in [2.05, 4.69) is 5.32 Å². The van der Waals surface area contributed by atoms with Crippen molar-refractivity contribution in [3.63, 3.8) is 0 Å². The number of nitrogens with two attached hydrogens (primary N) is 1. The monoisotopic (exact) mass is 406 g/mol. The first-order valence-corrected chi connectivity index (χ1v) is 8.13. The Kier molecular flexibility index (Phi) is 6.91. The number of nitrogens with one attached hydrogen (secondary N) is 2. The Bertz CT molecular complexity index is 730. The highest BCUT2D eigenvalue weighted by atomic mass is 19.3. The summed E-state index contributed by atoms with van der Waals surface area (Å²) < 4.78 is 55.4. The molecule has 1 aromatic rings. The van der Waals surface area contributed by atoms with Crippen LogP contribution in [0.25, 0.3) is 0 Å². The van der Waals surface area contributed by atoms with Gasteiger partial charge < -0.3 is 26.0 Å². The molecule has 8 nitrogen and oxygen atoms in total. The first-order valence-electron chi connectivity index (χ1n) is 8.13. The summed E-state index contributed by atoms with van der Waals surface area (Å²) in [6, 6.07) is 4.33. The maximum atomic E-state index is 13.0. The van der Waals surface area contributed by atoms with Crippen LogP contribution in [0.4, 0.5) is 28.9 Å². The molecule has 0 radical (unpaired) electrons. The minimum atomic E-state index is -4.94. The van der Waals surface area contributed by atoms with Gasteiger partial charge in [0.2, 0.25) is 5.91 Å². The molecule has 2 rings (SSSR count). The number of benzene rings is 1. The van der Waals surface area contributed by atoms with Crippen LogP contribution in [0.5, 0.6) is 0 Å². The summed E-state index contributed by atoms with van der Waals surface area (Å²) in [5, 5.41) is 3.83. The molecule has 28 heavy (non-hydrogen) atoms. The minimum Gasteiger partial charge on any atom is -0.370 e. The zero-order valence-corrected chi connectivity index (χ0v) is 14.5. The van der Waals surface area contributed by atoms with E-state index >= 15 is 0 Å². The predicted molar refractivity (Wildman–Crippen MR) is 90.2 cm³/mol. The number of nitrogens with zero attached hydrogens (tertiary/aromatic N) is 1. The number of hydrogen-bond donors (Lipinski definition) is 3. The number of rotatable bonds is 7. The van der Waals surface area contributed by atoms with Crippen LogP contribution in [-0.4, -0.2) is 62.4 Å². The molecule has 3 amide bonds. The molecule has 1 fully saturated rings. The highest BCUT2D eigenvalue weighted by Gasteiger charge is 2.49. The van der Waals surface area contributed by atoms with Gasteiger partial charge in [0.25, 0.3) is 11.8 Å². The lowest BCUT2D eigenvalue weighted by Crippen LogP contribution is -2.55. The van der Waals surface area contributed by atoms with Crippen molar-refractivity contribution in [3.05, 3.63) is 24.3 Å². The normalized spacial score (nSPS) is 16.1. The van der Waals surface area contributed by atoms with Crippen molar-refractivity contribution in [3.8, 4) is 0 Å². The maximum absolute atomic E-state index is 13.0. The SMILES string of the molecule is NC[C@@H](NC(=O)C(F)(F)C(F)F)C(=O)Nc1ccc(N2CCOCC2=O)cc1. The van der Waals surface area contributed by atoms with E-state index in [1.165, 1.54) is 22.3 Å². The fourth-order valence-electron chi connectivity index (χ4n) is 2.33. The van der Waals surface area contributed by atoms with Crippen molar-refractivity contribution >= 4 is 29.1 Å². The van der Waals surface area contributed by atoms with Crippen molar-refractivity contribution in [2.45, 2.75) is 18.4 Å². The summed E-state index contributed by atoms with van der Waals surface area (Å²) in [5.74, 6) is -8.43. The molecule has 0 saturated carbocycles. The molecule has 1 atom stereocenters. The van der Waals surface area contributed by atoms with Crippen LogP contribution in [0.1, 0.15) is 0 Å². The number of halogens is 4. The van der Waals surface area contributed by atoms with Crippen LogP contribution >= 0.6 is 0 Å². The van der Waals surface area contributed by atoms with Gasteiger partial charge in [0.05, 0.1) is 6.61 Å². The quantitative estimate of drug-likeness (QED) is 0.565. The highest BCUT2D eigenvalue weighted by molar-refractivity contribution is 5.99. The summed E-state index contributed by atoms with van der Waals surface area (Å²) in [5.41, 5.74) is 6.05. The maximum Gasteiger partial charge on any atom is 0.383 e. The van der Waals surface area contributed by atoms with Gasteiger partial charge in [-0.1, -0.05) is 0 Å². The lowest BCUT2D eigenvalue weighted by molar-refractivity contribution is -0.170. The molecule has 0 bridgehead atoms. The average Bonchev–Trinajstić information content (AvgIpc) is 2.66. The molecule has 1 aromatic carbocycles. The van der Waals surface area contributed by atoms with Crippen molar-refractivity contribution in [2.24, 2.45) is 5.73 Å². The number of hydrogen-bond acceptors (Lipinski definition) is 5. The van der Waals surface area contributed by atoms with Crippen molar-refractivity contribution in [1.82, 2.24) is 5.32 Å². The number of anilines is 2. The van der Waals surface area contributed by atoms with E-state index in [1.807, 2.05) is 0 Å². The largest absolute Gasteiger partial charge is 0.383 e. The zero-order valence-electron chi connectivity index (χ0n) is 14.5. The van der Waals surface area contributed by atoms with Crippen LogP contribution < -0.4 is 21.3 Å². The van der Waals surface area contributed by atoms with Crippen molar-refractivity contribution in [1.29, 1.82) is 0 Å². The van der Waals surface area contributed by atoms with Gasteiger partial charge >= 0.3 is 12.3 Å². The predicted octanol–water partition coefficient (Wildman–Crippen LogP) is 0.332. The van der Waals surface area contributed by atoms with Crippen LogP contribution in [0.3, 0.4) is 0 Å². The molecule has 0 unspecified atom stereocenters. The molecule has 1 aliphatic rings.